The summed E-state index contributed by atoms with van der Waals surface area (Å²) >= 11 is 0. The Labute approximate surface area is 312 Å². The number of carbonyl (C=O) groups is 7. The van der Waals surface area contributed by atoms with E-state index in [-0.39, 0.29) is 30.3 Å². The molecule has 14 heteroatoms. The quantitative estimate of drug-likeness (QED) is 0.111. The lowest BCUT2D eigenvalue weighted by atomic mass is 9.83. The highest BCUT2D eigenvalue weighted by Gasteiger charge is 2.42. The maximum Gasteiger partial charge on any atom is 0.407 e. The Kier molecular flexibility index (Phi) is 14.8. The van der Waals surface area contributed by atoms with Crippen molar-refractivity contribution in [3.05, 3.63) is 35.9 Å². The van der Waals surface area contributed by atoms with Crippen LogP contribution in [0.1, 0.15) is 110 Å². The van der Waals surface area contributed by atoms with Crippen LogP contribution in [0.5, 0.6) is 0 Å². The number of rotatable bonds is 18. The van der Waals surface area contributed by atoms with E-state index in [1.54, 1.807) is 51.1 Å². The molecule has 4 atom stereocenters. The van der Waals surface area contributed by atoms with E-state index in [1.807, 2.05) is 13.8 Å². The molecule has 3 unspecified atom stereocenters. The van der Waals surface area contributed by atoms with Gasteiger partial charge in [-0.1, -0.05) is 76.3 Å². The van der Waals surface area contributed by atoms with Crippen molar-refractivity contribution in [1.82, 2.24) is 26.6 Å². The molecule has 292 valence electrons. The topological polar surface area (TPSA) is 198 Å². The zero-order valence-electron chi connectivity index (χ0n) is 31.7. The first-order chi connectivity index (χ1) is 25.1. The third-order valence-electron chi connectivity index (χ3n) is 9.51. The van der Waals surface area contributed by atoms with Crippen LogP contribution in [0.25, 0.3) is 0 Å². The summed E-state index contributed by atoms with van der Waals surface area (Å²) in [6.07, 6.45) is 7.10. The molecule has 53 heavy (non-hydrogen) atoms. The lowest BCUT2D eigenvalue weighted by Gasteiger charge is -2.31. The summed E-state index contributed by atoms with van der Waals surface area (Å²) in [5, 5.41) is 13.2. The second kappa shape index (κ2) is 19.0. The number of carbonyl (C=O) groups excluding carboxylic acids is 7. The number of esters is 1. The molecule has 3 aliphatic rings. The van der Waals surface area contributed by atoms with Crippen molar-refractivity contribution in [2.24, 2.45) is 23.7 Å². The molecule has 3 saturated carbocycles. The van der Waals surface area contributed by atoms with Crippen LogP contribution in [0, 0.1) is 23.7 Å². The van der Waals surface area contributed by atoms with Crippen molar-refractivity contribution >= 4 is 41.5 Å². The predicted molar refractivity (Wildman–Crippen MR) is 195 cm³/mol. The zero-order chi connectivity index (χ0) is 38.7. The first kappa shape index (κ1) is 41.3. The van der Waals surface area contributed by atoms with Gasteiger partial charge in [0.2, 0.25) is 23.5 Å². The van der Waals surface area contributed by atoms with Crippen molar-refractivity contribution < 1.29 is 43.0 Å². The van der Waals surface area contributed by atoms with E-state index in [0.717, 1.165) is 44.9 Å². The van der Waals surface area contributed by atoms with Gasteiger partial charge < -0.3 is 36.1 Å². The maximum atomic E-state index is 13.8. The largest absolute Gasteiger partial charge is 0.458 e. The molecule has 0 heterocycles. The second-order valence-corrected chi connectivity index (χ2v) is 16.1. The molecule has 14 nitrogen and oxygen atoms in total. The average molecular weight is 740 g/mol. The van der Waals surface area contributed by atoms with E-state index in [9.17, 15) is 33.6 Å². The molecule has 1 aromatic rings. The number of ether oxygens (including phenoxy) is 2. The van der Waals surface area contributed by atoms with Gasteiger partial charge in [0.05, 0.1) is 13.2 Å². The van der Waals surface area contributed by atoms with Gasteiger partial charge in [0.15, 0.2) is 6.04 Å². The Bertz CT molecular complexity index is 1460. The number of nitrogens with one attached hydrogen (secondary N) is 5. The molecule has 1 aromatic carbocycles. The van der Waals surface area contributed by atoms with E-state index >= 15 is 0 Å². The fourth-order valence-electron chi connectivity index (χ4n) is 6.42. The molecule has 3 aliphatic carbocycles. The standard InChI is InChI=1S/C39H57N5O9/c1-23(2)22-52-38(51)44-31(25-12-8-6-9-13-25)35(48)41-28(20-24-16-17-24)34(47)43-30(27-18-19-27)33(46)36(49)40-21-29(45)42-32(26-14-10-7-11-15-26)37(50)53-39(3,4)5/h7,10-11,14-15,23-25,27-28,30-32H,6,8-9,12-13,16-22H2,1-5H3,(H,40,49)(H,41,48)(H,42,45)(H,43,47)(H,44,51)/t28?,30?,31?,32-/m0/s1. The van der Waals surface area contributed by atoms with Gasteiger partial charge in [-0.3, -0.25) is 24.0 Å². The van der Waals surface area contributed by atoms with Crippen molar-refractivity contribution in [3.8, 4) is 0 Å². The zero-order valence-corrected chi connectivity index (χ0v) is 31.7. The Balaban J connectivity index is 1.38. The third kappa shape index (κ3) is 13.8. The summed E-state index contributed by atoms with van der Waals surface area (Å²) in [5.74, 6) is -4.51. The fraction of sp³-hybridized carbons (Fsp3) is 0.667. The number of benzene rings is 1. The van der Waals surface area contributed by atoms with Crippen LogP contribution in [0.2, 0.25) is 0 Å². The van der Waals surface area contributed by atoms with Crippen molar-refractivity contribution in [1.29, 1.82) is 0 Å². The van der Waals surface area contributed by atoms with Gasteiger partial charge >= 0.3 is 12.1 Å². The van der Waals surface area contributed by atoms with Gasteiger partial charge in [0.25, 0.3) is 5.91 Å². The first-order valence-electron chi connectivity index (χ1n) is 19.0. The molecule has 0 spiro atoms. The van der Waals surface area contributed by atoms with Crippen LogP contribution < -0.4 is 26.6 Å². The van der Waals surface area contributed by atoms with Crippen molar-refractivity contribution in [3.63, 3.8) is 0 Å². The number of Topliss-reactive ketones (excluding diaryl/α,β-unsaturated/α-hetero) is 1. The van der Waals surface area contributed by atoms with E-state index in [1.165, 1.54) is 0 Å². The molecule has 0 bridgehead atoms. The summed E-state index contributed by atoms with van der Waals surface area (Å²) in [7, 11) is 0. The van der Waals surface area contributed by atoms with E-state index in [4.69, 9.17) is 9.47 Å². The Morgan fingerprint density at radius 3 is 1.98 bits per heavy atom. The minimum absolute atomic E-state index is 0.117. The average Bonchev–Trinajstić information content (AvgIpc) is 4.05. The molecule has 0 saturated heterocycles. The van der Waals surface area contributed by atoms with Gasteiger partial charge in [-0.05, 0) is 82.1 Å². The normalized spacial score (nSPS) is 18.4. The van der Waals surface area contributed by atoms with Gasteiger partial charge in [0, 0.05) is 0 Å². The summed E-state index contributed by atoms with van der Waals surface area (Å²) in [4.78, 5) is 92.6. The number of hydrogen-bond acceptors (Lipinski definition) is 9. The van der Waals surface area contributed by atoms with Crippen molar-refractivity contribution in [2.45, 2.75) is 129 Å². The third-order valence-corrected chi connectivity index (χ3v) is 9.51. The lowest BCUT2D eigenvalue weighted by molar-refractivity contribution is -0.158. The molecule has 3 fully saturated rings. The molecule has 4 rings (SSSR count). The molecule has 0 radical (unpaired) electrons. The Hall–Kier alpha value is -4.49. The lowest BCUT2D eigenvalue weighted by Crippen LogP contribution is -2.59. The summed E-state index contributed by atoms with van der Waals surface area (Å²) in [5.41, 5.74) is -0.332. The smallest absolute Gasteiger partial charge is 0.407 e. The minimum atomic E-state index is -1.15. The Morgan fingerprint density at radius 2 is 1.40 bits per heavy atom. The highest BCUT2D eigenvalue weighted by molar-refractivity contribution is 6.38. The highest BCUT2D eigenvalue weighted by Crippen LogP contribution is 2.35. The number of ketones is 1. The molecular weight excluding hydrogens is 682 g/mol. The fourth-order valence-corrected chi connectivity index (χ4v) is 6.42. The molecule has 5 N–H and O–H groups in total. The van der Waals surface area contributed by atoms with Gasteiger partial charge in [0.1, 0.15) is 23.7 Å². The Morgan fingerprint density at radius 1 is 0.755 bits per heavy atom. The van der Waals surface area contributed by atoms with Crippen LogP contribution in [0.3, 0.4) is 0 Å². The van der Waals surface area contributed by atoms with E-state index in [0.29, 0.717) is 24.8 Å². The number of amides is 5. The molecule has 0 aromatic heterocycles. The number of alkyl carbamates (subject to hydrolysis) is 1. The van der Waals surface area contributed by atoms with Crippen LogP contribution in [-0.2, 0) is 38.2 Å². The number of hydrogen-bond donors (Lipinski definition) is 5. The van der Waals surface area contributed by atoms with Crippen molar-refractivity contribution in [2.75, 3.05) is 13.2 Å². The van der Waals surface area contributed by atoms with Crippen LogP contribution in [0.15, 0.2) is 30.3 Å². The minimum Gasteiger partial charge on any atom is -0.458 e. The summed E-state index contributed by atoms with van der Waals surface area (Å²) in [6.45, 7) is 8.54. The molecular formula is C39H57N5O9. The van der Waals surface area contributed by atoms with Gasteiger partial charge in [-0.15, -0.1) is 0 Å². The van der Waals surface area contributed by atoms with Gasteiger partial charge in [-0.2, -0.15) is 0 Å². The summed E-state index contributed by atoms with van der Waals surface area (Å²) in [6, 6.07) is 4.33. The van der Waals surface area contributed by atoms with Gasteiger partial charge in [-0.25, -0.2) is 9.59 Å². The monoisotopic (exact) mass is 739 g/mol. The summed E-state index contributed by atoms with van der Waals surface area (Å²) < 4.78 is 10.8. The van der Waals surface area contributed by atoms with Crippen LogP contribution in [0.4, 0.5) is 4.79 Å². The predicted octanol–water partition coefficient (Wildman–Crippen LogP) is 3.38. The van der Waals surface area contributed by atoms with Crippen LogP contribution in [-0.4, -0.2) is 78.4 Å². The first-order valence-corrected chi connectivity index (χ1v) is 19.0. The molecule has 5 amide bonds. The second-order valence-electron chi connectivity index (χ2n) is 16.1. The highest BCUT2D eigenvalue weighted by atomic mass is 16.6. The SMILES string of the molecule is CC(C)COC(=O)NC(C(=O)NC(CC1CC1)C(=O)NC(C(=O)C(=O)NCC(=O)N[C@H](C(=O)OC(C)(C)C)c1ccccc1)C1CC1)C1CCCCC1. The van der Waals surface area contributed by atoms with Crippen LogP contribution >= 0.6 is 0 Å². The molecule has 0 aliphatic heterocycles. The van der Waals surface area contributed by atoms with E-state index in [2.05, 4.69) is 26.6 Å². The van der Waals surface area contributed by atoms with E-state index < -0.39 is 77.8 Å². The maximum absolute atomic E-state index is 13.8.